The topological polar surface area (TPSA) is 142 Å². The summed E-state index contributed by atoms with van der Waals surface area (Å²) in [4.78, 5) is 54.4. The number of amides is 4. The van der Waals surface area contributed by atoms with Crippen molar-refractivity contribution in [1.29, 1.82) is 0 Å². The van der Waals surface area contributed by atoms with Gasteiger partial charge in [0.25, 0.3) is 0 Å². The van der Waals surface area contributed by atoms with Crippen LogP contribution in [0.4, 0.5) is 10.1 Å². The molecule has 3 aliphatic rings. The molecule has 3 aliphatic heterocycles. The van der Waals surface area contributed by atoms with Crippen molar-refractivity contribution in [2.24, 2.45) is 16.1 Å². The van der Waals surface area contributed by atoms with Crippen molar-refractivity contribution in [3.05, 3.63) is 41.1 Å². The van der Waals surface area contributed by atoms with Crippen molar-refractivity contribution in [2.45, 2.75) is 57.7 Å². The predicted octanol–water partition coefficient (Wildman–Crippen LogP) is 1.36. The van der Waals surface area contributed by atoms with Gasteiger partial charge < -0.3 is 20.7 Å². The highest BCUT2D eigenvalue weighted by Gasteiger charge is 2.44. The summed E-state index contributed by atoms with van der Waals surface area (Å²) in [6.45, 7) is 3.13. The number of benzene rings is 1. The van der Waals surface area contributed by atoms with Crippen molar-refractivity contribution in [3.8, 4) is 0 Å². The molecule has 0 unspecified atom stereocenters. The molecule has 0 aliphatic carbocycles. The number of carbonyl (C=O) groups is 4. The van der Waals surface area contributed by atoms with Crippen molar-refractivity contribution < 1.29 is 28.3 Å². The summed E-state index contributed by atoms with van der Waals surface area (Å²) in [6, 6.07) is 3.22. The van der Waals surface area contributed by atoms with Crippen molar-refractivity contribution in [2.75, 3.05) is 37.9 Å². The molecule has 3 heterocycles. The number of alkyl halides is 1. The van der Waals surface area contributed by atoms with Crippen LogP contribution in [-0.4, -0.2) is 74.7 Å². The molecule has 0 bridgehead atoms. The Kier molecular flexibility index (Phi) is 9.39. The SMILES string of the molecule is CC[C@H](C)[C@H](NC(=O)COCCF)C(=O)N[C@H]1CCc2cccc3c2N(C1=O)[C@H](C(=O)NCC1=CCN=N1)C3. The minimum absolute atomic E-state index is 0.209. The third-order valence-corrected chi connectivity index (χ3v) is 7.34. The molecule has 0 saturated heterocycles. The summed E-state index contributed by atoms with van der Waals surface area (Å²) in [6.07, 6.45) is 3.67. The average molecular weight is 543 g/mol. The number of nitrogens with one attached hydrogen (secondary N) is 3. The molecule has 4 rings (SSSR count). The molecular weight excluding hydrogens is 507 g/mol. The normalized spacial score (nSPS) is 21.1. The third kappa shape index (κ3) is 6.49. The van der Waals surface area contributed by atoms with Gasteiger partial charge in [-0.15, -0.1) is 0 Å². The number of ether oxygens (including phenoxy) is 1. The van der Waals surface area contributed by atoms with Gasteiger partial charge in [-0.25, -0.2) is 4.39 Å². The van der Waals surface area contributed by atoms with Gasteiger partial charge in [0.05, 0.1) is 31.1 Å². The number of azo groups is 1. The van der Waals surface area contributed by atoms with Crippen LogP contribution in [0.25, 0.3) is 0 Å². The Morgan fingerprint density at radius 1 is 1.26 bits per heavy atom. The van der Waals surface area contributed by atoms with E-state index in [1.54, 1.807) is 0 Å². The molecule has 0 saturated carbocycles. The first kappa shape index (κ1) is 28.3. The summed E-state index contributed by atoms with van der Waals surface area (Å²) >= 11 is 0. The Morgan fingerprint density at radius 2 is 2.05 bits per heavy atom. The van der Waals surface area contributed by atoms with Gasteiger partial charge in [-0.2, -0.15) is 10.2 Å². The number of rotatable bonds is 12. The number of para-hydroxylation sites is 1. The lowest BCUT2D eigenvalue weighted by atomic mass is 9.97. The maximum absolute atomic E-state index is 13.9. The second kappa shape index (κ2) is 12.9. The molecule has 4 amide bonds. The molecule has 39 heavy (non-hydrogen) atoms. The van der Waals surface area contributed by atoms with Crippen LogP contribution in [0.3, 0.4) is 0 Å². The van der Waals surface area contributed by atoms with Gasteiger partial charge in [-0.1, -0.05) is 38.5 Å². The second-order valence-corrected chi connectivity index (χ2v) is 9.96. The molecule has 0 aromatic heterocycles. The van der Waals surface area contributed by atoms with Gasteiger partial charge in [0.2, 0.25) is 23.6 Å². The van der Waals surface area contributed by atoms with Crippen LogP contribution in [0.5, 0.6) is 0 Å². The highest BCUT2D eigenvalue weighted by atomic mass is 19.1. The maximum atomic E-state index is 13.9. The fourth-order valence-electron chi connectivity index (χ4n) is 5.09. The van der Waals surface area contributed by atoms with Crippen molar-refractivity contribution >= 4 is 29.3 Å². The Balaban J connectivity index is 1.50. The number of nitrogens with zero attached hydrogens (tertiary/aromatic N) is 3. The van der Waals surface area contributed by atoms with E-state index in [2.05, 4.69) is 26.2 Å². The van der Waals surface area contributed by atoms with Crippen LogP contribution in [0, 0.1) is 5.92 Å². The van der Waals surface area contributed by atoms with Gasteiger partial charge in [0.1, 0.15) is 31.4 Å². The van der Waals surface area contributed by atoms with Crippen molar-refractivity contribution in [1.82, 2.24) is 16.0 Å². The summed E-state index contributed by atoms with van der Waals surface area (Å²) in [5.41, 5.74) is 3.25. The number of hydrogen-bond donors (Lipinski definition) is 3. The standard InChI is InChI=1S/C27H35FN6O5/c1-3-16(2)23(32-22(35)15-39-12-10-28)26(37)31-20-8-7-17-5-4-6-18-13-21(34(24(17)18)27(20)38)25(36)29-14-19-9-11-30-33-19/h4-6,9,16,20-21,23H,3,7-8,10-15H2,1-2H3,(H,29,36)(H,31,37)(H,32,35)/t16-,20-,21-,23-/m0/s1. The van der Waals surface area contributed by atoms with Gasteiger partial charge in [-0.05, 0) is 36.0 Å². The van der Waals surface area contributed by atoms with E-state index in [1.807, 2.05) is 38.1 Å². The van der Waals surface area contributed by atoms with Gasteiger partial charge in [0, 0.05) is 6.42 Å². The number of halogens is 1. The summed E-state index contributed by atoms with van der Waals surface area (Å²) in [7, 11) is 0. The molecule has 11 nitrogen and oxygen atoms in total. The quantitative estimate of drug-likeness (QED) is 0.342. The largest absolute Gasteiger partial charge is 0.369 e. The smallest absolute Gasteiger partial charge is 0.250 e. The summed E-state index contributed by atoms with van der Waals surface area (Å²) in [5, 5.41) is 16.2. The molecular formula is C27H35FN6O5. The third-order valence-electron chi connectivity index (χ3n) is 7.34. The Hall–Kier alpha value is -3.67. The Bertz CT molecular complexity index is 1170. The molecule has 210 valence electrons. The first-order chi connectivity index (χ1) is 18.8. The zero-order valence-corrected chi connectivity index (χ0v) is 22.2. The zero-order chi connectivity index (χ0) is 27.9. The van der Waals surface area contributed by atoms with Crippen LogP contribution in [-0.2, 0) is 36.8 Å². The van der Waals surface area contributed by atoms with Gasteiger partial charge in [-0.3, -0.25) is 24.1 Å². The van der Waals surface area contributed by atoms with E-state index in [-0.39, 0.29) is 37.5 Å². The van der Waals surface area contributed by atoms with Crippen LogP contribution in [0.1, 0.15) is 37.8 Å². The predicted molar refractivity (Wildman–Crippen MR) is 141 cm³/mol. The molecule has 4 atom stereocenters. The molecule has 0 spiro atoms. The fraction of sp³-hybridized carbons (Fsp3) is 0.556. The molecule has 12 heteroatoms. The van der Waals surface area contributed by atoms with E-state index in [4.69, 9.17) is 4.74 Å². The van der Waals surface area contributed by atoms with E-state index in [9.17, 15) is 23.6 Å². The van der Waals surface area contributed by atoms with Crippen LogP contribution < -0.4 is 20.9 Å². The lowest BCUT2D eigenvalue weighted by Gasteiger charge is -2.30. The monoisotopic (exact) mass is 542 g/mol. The molecule has 1 aromatic rings. The highest BCUT2D eigenvalue weighted by Crippen LogP contribution is 2.39. The minimum Gasteiger partial charge on any atom is -0.369 e. The highest BCUT2D eigenvalue weighted by molar-refractivity contribution is 6.08. The molecule has 0 fully saturated rings. The average Bonchev–Trinajstić information content (AvgIpc) is 3.57. The second-order valence-electron chi connectivity index (χ2n) is 9.96. The van der Waals surface area contributed by atoms with Crippen LogP contribution in [0.2, 0.25) is 0 Å². The number of hydrogen-bond acceptors (Lipinski definition) is 7. The summed E-state index contributed by atoms with van der Waals surface area (Å²) < 4.78 is 17.3. The van der Waals surface area contributed by atoms with E-state index < -0.39 is 36.6 Å². The first-order valence-corrected chi connectivity index (χ1v) is 13.4. The molecule has 0 radical (unpaired) electrons. The van der Waals surface area contributed by atoms with Crippen LogP contribution >= 0.6 is 0 Å². The lowest BCUT2D eigenvalue weighted by molar-refractivity contribution is -0.134. The fourth-order valence-corrected chi connectivity index (χ4v) is 5.09. The minimum atomic E-state index is -0.906. The Morgan fingerprint density at radius 3 is 2.77 bits per heavy atom. The van der Waals surface area contributed by atoms with Crippen molar-refractivity contribution in [3.63, 3.8) is 0 Å². The Labute approximate surface area is 226 Å². The van der Waals surface area contributed by atoms with E-state index in [1.165, 1.54) is 4.90 Å². The van der Waals surface area contributed by atoms with E-state index in [0.717, 1.165) is 16.8 Å². The van der Waals surface area contributed by atoms with E-state index >= 15 is 0 Å². The van der Waals surface area contributed by atoms with Crippen LogP contribution in [0.15, 0.2) is 40.2 Å². The first-order valence-electron chi connectivity index (χ1n) is 13.4. The van der Waals surface area contributed by atoms with Gasteiger partial charge >= 0.3 is 0 Å². The number of carbonyl (C=O) groups excluding carboxylic acids is 4. The summed E-state index contributed by atoms with van der Waals surface area (Å²) in [5.74, 6) is -1.94. The number of aryl methyl sites for hydroxylation is 1. The zero-order valence-electron chi connectivity index (χ0n) is 22.2. The molecule has 1 aromatic carbocycles. The molecule has 3 N–H and O–H groups in total. The van der Waals surface area contributed by atoms with E-state index in [0.29, 0.717) is 37.9 Å². The number of anilines is 1. The maximum Gasteiger partial charge on any atom is 0.250 e. The van der Waals surface area contributed by atoms with Gasteiger partial charge in [0.15, 0.2) is 0 Å². The lowest BCUT2D eigenvalue weighted by Crippen LogP contribution is -2.58.